The molecule has 0 aliphatic carbocycles. The molecule has 2 heterocycles. The molecule has 0 saturated carbocycles. The summed E-state index contributed by atoms with van der Waals surface area (Å²) >= 11 is 0. The molecule has 0 aromatic carbocycles. The summed E-state index contributed by atoms with van der Waals surface area (Å²) < 4.78 is 0. The van der Waals surface area contributed by atoms with Gasteiger partial charge in [0.05, 0.1) is 11.7 Å². The molecule has 0 radical (unpaired) electrons. The van der Waals surface area contributed by atoms with E-state index in [0.29, 0.717) is 18.7 Å². The van der Waals surface area contributed by atoms with E-state index in [9.17, 15) is 9.90 Å². The number of amides is 1. The number of carbonyl (C=O) groups is 1. The van der Waals surface area contributed by atoms with Gasteiger partial charge in [-0.25, -0.2) is 0 Å². The Balaban J connectivity index is 2.06. The van der Waals surface area contributed by atoms with Crippen molar-refractivity contribution in [3.8, 4) is 0 Å². The van der Waals surface area contributed by atoms with Crippen LogP contribution < -0.4 is 0 Å². The van der Waals surface area contributed by atoms with Crippen molar-refractivity contribution >= 4 is 5.91 Å². The number of nitrogens with zero attached hydrogens (tertiary/aromatic N) is 2. The predicted octanol–water partition coefficient (Wildman–Crippen LogP) is 0.924. The molecule has 1 aliphatic rings. The quantitative estimate of drug-likeness (QED) is 0.765. The maximum absolute atomic E-state index is 12.0. The third-order valence-electron chi connectivity index (χ3n) is 3.11. The van der Waals surface area contributed by atoms with Crippen molar-refractivity contribution in [1.82, 2.24) is 9.88 Å². The summed E-state index contributed by atoms with van der Waals surface area (Å²) in [5.74, 6) is 0.233. The highest BCUT2D eigenvalue weighted by molar-refractivity contribution is 5.93. The van der Waals surface area contributed by atoms with E-state index in [4.69, 9.17) is 0 Å². The highest BCUT2D eigenvalue weighted by atomic mass is 16.3. The lowest BCUT2D eigenvalue weighted by Crippen LogP contribution is -2.45. The van der Waals surface area contributed by atoms with Crippen molar-refractivity contribution in [1.29, 1.82) is 0 Å². The number of aliphatic hydroxyl groups excluding tert-OH is 1. The van der Waals surface area contributed by atoms with Crippen molar-refractivity contribution in [3.05, 3.63) is 30.1 Å². The van der Waals surface area contributed by atoms with Crippen LogP contribution in [0.25, 0.3) is 0 Å². The summed E-state index contributed by atoms with van der Waals surface area (Å²) in [6, 6.07) is 3.50. The van der Waals surface area contributed by atoms with E-state index >= 15 is 0 Å². The number of likely N-dealkylation sites (tertiary alicyclic amines) is 1. The zero-order valence-corrected chi connectivity index (χ0v) is 9.34. The molecule has 2 unspecified atom stereocenters. The van der Waals surface area contributed by atoms with Crippen LogP contribution >= 0.6 is 0 Å². The van der Waals surface area contributed by atoms with Gasteiger partial charge in [-0.05, 0) is 24.5 Å². The van der Waals surface area contributed by atoms with E-state index < -0.39 is 6.10 Å². The summed E-state index contributed by atoms with van der Waals surface area (Å²) in [4.78, 5) is 17.6. The first-order valence-electron chi connectivity index (χ1n) is 5.56. The third-order valence-corrected chi connectivity index (χ3v) is 3.11. The second-order valence-electron chi connectivity index (χ2n) is 4.33. The van der Waals surface area contributed by atoms with E-state index in [2.05, 4.69) is 4.98 Å². The van der Waals surface area contributed by atoms with Gasteiger partial charge in [-0.3, -0.25) is 9.78 Å². The van der Waals surface area contributed by atoms with E-state index in [1.54, 1.807) is 29.4 Å². The Hall–Kier alpha value is -1.42. The zero-order chi connectivity index (χ0) is 11.5. The minimum atomic E-state index is -0.408. The van der Waals surface area contributed by atoms with Crippen LogP contribution in [0.5, 0.6) is 0 Å². The van der Waals surface area contributed by atoms with Crippen molar-refractivity contribution in [2.75, 3.05) is 13.1 Å². The Morgan fingerprint density at radius 3 is 3.06 bits per heavy atom. The van der Waals surface area contributed by atoms with Crippen molar-refractivity contribution in [3.63, 3.8) is 0 Å². The topological polar surface area (TPSA) is 53.4 Å². The molecule has 1 aliphatic heterocycles. The number of aliphatic hydroxyl groups is 1. The molecule has 1 aromatic heterocycles. The molecule has 2 rings (SSSR count). The number of carbonyl (C=O) groups excluding carboxylic acids is 1. The smallest absolute Gasteiger partial charge is 0.255 e. The molecule has 86 valence electrons. The minimum absolute atomic E-state index is 0.0425. The van der Waals surface area contributed by atoms with Gasteiger partial charge in [0.15, 0.2) is 0 Å². The first-order chi connectivity index (χ1) is 7.68. The summed E-state index contributed by atoms with van der Waals surface area (Å²) in [6.45, 7) is 3.15. The molecule has 4 nitrogen and oxygen atoms in total. The molecule has 1 fully saturated rings. The number of β-amino-alcohol motifs (C(OH)–C–C–N with tert-alkyl or cyclic N) is 1. The number of aromatic nitrogens is 1. The van der Waals surface area contributed by atoms with Gasteiger partial charge in [-0.1, -0.05) is 6.92 Å². The fourth-order valence-corrected chi connectivity index (χ4v) is 1.91. The summed E-state index contributed by atoms with van der Waals surface area (Å²) in [5.41, 5.74) is 0.587. The largest absolute Gasteiger partial charge is 0.391 e. The monoisotopic (exact) mass is 220 g/mol. The Morgan fingerprint density at radius 1 is 1.62 bits per heavy atom. The Bertz CT molecular complexity index is 367. The Kier molecular flexibility index (Phi) is 3.19. The molecule has 16 heavy (non-hydrogen) atoms. The molecule has 0 spiro atoms. The number of pyridine rings is 1. The normalized spacial score (nSPS) is 25.5. The van der Waals surface area contributed by atoms with E-state index in [-0.39, 0.29) is 11.8 Å². The van der Waals surface area contributed by atoms with Crippen LogP contribution in [0.3, 0.4) is 0 Å². The summed E-state index contributed by atoms with van der Waals surface area (Å²) in [7, 11) is 0. The average molecular weight is 220 g/mol. The summed E-state index contributed by atoms with van der Waals surface area (Å²) in [6.07, 6.45) is 3.65. The van der Waals surface area contributed by atoms with Crippen molar-refractivity contribution in [2.24, 2.45) is 5.92 Å². The second kappa shape index (κ2) is 4.61. The van der Waals surface area contributed by atoms with Crippen LogP contribution in [0.1, 0.15) is 23.7 Å². The van der Waals surface area contributed by atoms with Crippen LogP contribution in [-0.2, 0) is 0 Å². The first kappa shape index (κ1) is 11.1. The molecular weight excluding hydrogens is 204 g/mol. The van der Waals surface area contributed by atoms with Crippen molar-refractivity contribution in [2.45, 2.75) is 19.4 Å². The summed E-state index contributed by atoms with van der Waals surface area (Å²) in [5, 5.41) is 9.73. The zero-order valence-electron chi connectivity index (χ0n) is 9.34. The number of hydrogen-bond donors (Lipinski definition) is 1. The molecule has 1 N–H and O–H groups in total. The number of hydrogen-bond acceptors (Lipinski definition) is 3. The van der Waals surface area contributed by atoms with Crippen LogP contribution in [0.15, 0.2) is 24.5 Å². The maximum Gasteiger partial charge on any atom is 0.255 e. The van der Waals surface area contributed by atoms with Gasteiger partial charge in [0.25, 0.3) is 5.91 Å². The van der Waals surface area contributed by atoms with Gasteiger partial charge in [-0.2, -0.15) is 0 Å². The Labute approximate surface area is 94.9 Å². The first-order valence-corrected chi connectivity index (χ1v) is 5.56. The van der Waals surface area contributed by atoms with Gasteiger partial charge < -0.3 is 10.0 Å². The lowest BCUT2D eigenvalue weighted by molar-refractivity contribution is 0.0248. The molecule has 1 aromatic rings. The lowest BCUT2D eigenvalue weighted by Gasteiger charge is -2.34. The van der Waals surface area contributed by atoms with E-state index in [1.807, 2.05) is 6.92 Å². The SMILES string of the molecule is CC1CCN(C(=O)c2cccnc2)CC1O. The molecule has 0 bridgehead atoms. The minimum Gasteiger partial charge on any atom is -0.391 e. The fraction of sp³-hybridized carbons (Fsp3) is 0.500. The van der Waals surface area contributed by atoms with Gasteiger partial charge in [-0.15, -0.1) is 0 Å². The number of rotatable bonds is 1. The number of piperidine rings is 1. The van der Waals surface area contributed by atoms with E-state index in [1.165, 1.54) is 0 Å². The van der Waals surface area contributed by atoms with E-state index in [0.717, 1.165) is 6.42 Å². The standard InChI is InChI=1S/C12H16N2O2/c1-9-4-6-14(8-11(9)15)12(16)10-3-2-5-13-7-10/h2-3,5,7,9,11,15H,4,6,8H2,1H3. The van der Waals surface area contributed by atoms with Crippen LogP contribution in [0.4, 0.5) is 0 Å². The maximum atomic E-state index is 12.0. The molecule has 1 saturated heterocycles. The predicted molar refractivity (Wildman–Crippen MR) is 59.9 cm³/mol. The van der Waals surface area contributed by atoms with Gasteiger partial charge in [0.2, 0.25) is 0 Å². The van der Waals surface area contributed by atoms with Crippen LogP contribution in [0, 0.1) is 5.92 Å². The average Bonchev–Trinajstić information content (AvgIpc) is 2.33. The molecule has 4 heteroatoms. The third kappa shape index (κ3) is 2.22. The molecule has 1 amide bonds. The fourth-order valence-electron chi connectivity index (χ4n) is 1.91. The molecular formula is C12H16N2O2. The van der Waals surface area contributed by atoms with Gasteiger partial charge >= 0.3 is 0 Å². The Morgan fingerprint density at radius 2 is 2.44 bits per heavy atom. The van der Waals surface area contributed by atoms with Crippen molar-refractivity contribution < 1.29 is 9.90 Å². The molecule has 2 atom stereocenters. The van der Waals surface area contributed by atoms with Gasteiger partial charge in [0, 0.05) is 25.5 Å². The highest BCUT2D eigenvalue weighted by Crippen LogP contribution is 2.18. The van der Waals surface area contributed by atoms with Crippen LogP contribution in [0.2, 0.25) is 0 Å². The van der Waals surface area contributed by atoms with Crippen LogP contribution in [-0.4, -0.2) is 40.1 Å². The second-order valence-corrected chi connectivity index (χ2v) is 4.33. The van der Waals surface area contributed by atoms with Gasteiger partial charge in [0.1, 0.15) is 0 Å². The lowest BCUT2D eigenvalue weighted by atomic mass is 9.96. The highest BCUT2D eigenvalue weighted by Gasteiger charge is 2.27.